The van der Waals surface area contributed by atoms with Crippen molar-refractivity contribution in [3.8, 4) is 11.5 Å². The summed E-state index contributed by atoms with van der Waals surface area (Å²) >= 11 is 16.1. The van der Waals surface area contributed by atoms with Gasteiger partial charge in [-0.05, 0) is 29.8 Å². The van der Waals surface area contributed by atoms with E-state index in [0.29, 0.717) is 33.6 Å². The van der Waals surface area contributed by atoms with Gasteiger partial charge in [0.25, 0.3) is 0 Å². The van der Waals surface area contributed by atoms with E-state index in [4.69, 9.17) is 32.7 Å². The Bertz CT molecular complexity index is 623. The molecule has 2 aromatic rings. The van der Waals surface area contributed by atoms with Crippen molar-refractivity contribution in [2.45, 2.75) is 4.58 Å². The molecule has 0 radical (unpaired) electrons. The summed E-state index contributed by atoms with van der Waals surface area (Å²) in [6, 6.07) is 13.6. The summed E-state index contributed by atoms with van der Waals surface area (Å²) in [5.74, 6) is 3.81. The minimum absolute atomic E-state index is 0.388. The molecule has 6 heteroatoms. The Morgan fingerprint density at radius 3 is 2.13 bits per heavy atom. The summed E-state index contributed by atoms with van der Waals surface area (Å²) in [5, 5.41) is 1.02. The average Bonchev–Trinajstić information content (AvgIpc) is 3.09. The molecule has 2 aromatic carbocycles. The molecule has 0 N–H and O–H groups in total. The Balaban J connectivity index is 1.47. The number of hydrogen-bond donors (Lipinski definition) is 0. The van der Waals surface area contributed by atoms with Crippen LogP contribution >= 0.6 is 46.7 Å². The Kier molecular flexibility index (Phi) is 6.29. The summed E-state index contributed by atoms with van der Waals surface area (Å²) in [5.41, 5.74) is 1.35. The van der Waals surface area contributed by atoms with E-state index in [-0.39, 0.29) is 0 Å². The maximum atomic E-state index is 6.05. The normalized spacial score (nSPS) is 14.9. The summed E-state index contributed by atoms with van der Waals surface area (Å²) in [6.07, 6.45) is 0. The van der Waals surface area contributed by atoms with E-state index in [1.54, 1.807) is 18.2 Å². The Labute approximate surface area is 154 Å². The standard InChI is InChI=1S/C17H16Cl2O2S2/c18-14-2-1-3-15(19)16(14)21-9-8-20-13-6-4-12(5-7-13)17-22-10-11-23-17/h1-7,17H,8-11H2. The molecule has 0 atom stereocenters. The first-order valence-electron chi connectivity index (χ1n) is 7.27. The molecule has 1 aliphatic heterocycles. The van der Waals surface area contributed by atoms with Crippen molar-refractivity contribution < 1.29 is 9.47 Å². The fourth-order valence-corrected chi connectivity index (χ4v) is 5.56. The van der Waals surface area contributed by atoms with E-state index in [0.717, 1.165) is 5.75 Å². The molecule has 2 nitrogen and oxygen atoms in total. The van der Waals surface area contributed by atoms with Crippen LogP contribution in [-0.4, -0.2) is 24.7 Å². The monoisotopic (exact) mass is 386 g/mol. The average molecular weight is 387 g/mol. The molecule has 23 heavy (non-hydrogen) atoms. The zero-order chi connectivity index (χ0) is 16.1. The highest BCUT2D eigenvalue weighted by atomic mass is 35.5. The first-order valence-corrected chi connectivity index (χ1v) is 10.1. The number of thioether (sulfide) groups is 2. The van der Waals surface area contributed by atoms with Crippen molar-refractivity contribution in [3.63, 3.8) is 0 Å². The topological polar surface area (TPSA) is 18.5 Å². The molecule has 1 aliphatic rings. The third-order valence-electron chi connectivity index (χ3n) is 3.29. The second kappa shape index (κ2) is 8.43. The van der Waals surface area contributed by atoms with Crippen LogP contribution in [0.5, 0.6) is 11.5 Å². The van der Waals surface area contributed by atoms with Crippen LogP contribution in [0.3, 0.4) is 0 Å². The fraction of sp³-hybridized carbons (Fsp3) is 0.294. The van der Waals surface area contributed by atoms with Gasteiger partial charge in [0, 0.05) is 11.5 Å². The van der Waals surface area contributed by atoms with Crippen molar-refractivity contribution in [3.05, 3.63) is 58.1 Å². The lowest BCUT2D eigenvalue weighted by atomic mass is 10.2. The van der Waals surface area contributed by atoms with Gasteiger partial charge in [0.15, 0.2) is 5.75 Å². The van der Waals surface area contributed by atoms with E-state index in [1.807, 2.05) is 35.7 Å². The van der Waals surface area contributed by atoms with Gasteiger partial charge in [0.1, 0.15) is 19.0 Å². The summed E-state index contributed by atoms with van der Waals surface area (Å²) in [7, 11) is 0. The lowest BCUT2D eigenvalue weighted by Gasteiger charge is -2.12. The zero-order valence-corrected chi connectivity index (χ0v) is 15.5. The number of ether oxygens (including phenoxy) is 2. The van der Waals surface area contributed by atoms with E-state index >= 15 is 0 Å². The molecule has 3 rings (SSSR count). The summed E-state index contributed by atoms with van der Waals surface area (Å²) < 4.78 is 11.9. The highest BCUT2D eigenvalue weighted by Crippen LogP contribution is 2.45. The van der Waals surface area contributed by atoms with Crippen LogP contribution in [0, 0.1) is 0 Å². The van der Waals surface area contributed by atoms with Gasteiger partial charge in [0.05, 0.1) is 14.6 Å². The molecule has 0 aromatic heterocycles. The number of halogens is 2. The molecule has 1 fully saturated rings. The van der Waals surface area contributed by atoms with Crippen molar-refractivity contribution in [1.29, 1.82) is 0 Å². The second-order valence-electron chi connectivity index (χ2n) is 4.89. The minimum Gasteiger partial charge on any atom is -0.490 e. The quantitative estimate of drug-likeness (QED) is 0.572. The van der Waals surface area contributed by atoms with Crippen LogP contribution in [0.2, 0.25) is 10.0 Å². The predicted molar refractivity (Wildman–Crippen MR) is 102 cm³/mol. The number of rotatable bonds is 6. The Hall–Kier alpha value is -0.680. The van der Waals surface area contributed by atoms with Gasteiger partial charge in [-0.15, -0.1) is 23.5 Å². The predicted octanol–water partition coefficient (Wildman–Crippen LogP) is 5.93. The molecule has 0 aliphatic carbocycles. The maximum absolute atomic E-state index is 6.05. The number of hydrogen-bond acceptors (Lipinski definition) is 4. The first kappa shape index (κ1) is 17.2. The van der Waals surface area contributed by atoms with E-state index in [2.05, 4.69) is 12.1 Å². The lowest BCUT2D eigenvalue weighted by Crippen LogP contribution is -2.09. The van der Waals surface area contributed by atoms with Gasteiger partial charge in [-0.1, -0.05) is 41.4 Å². The largest absolute Gasteiger partial charge is 0.490 e. The van der Waals surface area contributed by atoms with Crippen LogP contribution in [0.15, 0.2) is 42.5 Å². The van der Waals surface area contributed by atoms with Gasteiger partial charge >= 0.3 is 0 Å². The third kappa shape index (κ3) is 4.66. The molecule has 0 unspecified atom stereocenters. The molecule has 1 heterocycles. The number of para-hydroxylation sites is 1. The first-order chi connectivity index (χ1) is 11.2. The molecule has 0 amide bonds. The van der Waals surface area contributed by atoms with Crippen LogP contribution in [0.1, 0.15) is 10.1 Å². The van der Waals surface area contributed by atoms with Crippen molar-refractivity contribution >= 4 is 46.7 Å². The van der Waals surface area contributed by atoms with Gasteiger partial charge in [0.2, 0.25) is 0 Å². The molecule has 0 saturated carbocycles. The van der Waals surface area contributed by atoms with Crippen LogP contribution < -0.4 is 9.47 Å². The van der Waals surface area contributed by atoms with Crippen LogP contribution in [-0.2, 0) is 0 Å². The van der Waals surface area contributed by atoms with Crippen molar-refractivity contribution in [2.75, 3.05) is 24.7 Å². The third-order valence-corrected chi connectivity index (χ3v) is 6.99. The molecule has 0 spiro atoms. The van der Waals surface area contributed by atoms with Crippen molar-refractivity contribution in [1.82, 2.24) is 0 Å². The summed E-state index contributed by atoms with van der Waals surface area (Å²) in [4.78, 5) is 0. The molecular formula is C17H16Cl2O2S2. The molecular weight excluding hydrogens is 371 g/mol. The Morgan fingerprint density at radius 2 is 1.48 bits per heavy atom. The SMILES string of the molecule is Clc1cccc(Cl)c1OCCOc1ccc(C2SCCS2)cc1. The maximum Gasteiger partial charge on any atom is 0.156 e. The van der Waals surface area contributed by atoms with Gasteiger partial charge < -0.3 is 9.47 Å². The minimum atomic E-state index is 0.388. The zero-order valence-electron chi connectivity index (χ0n) is 12.3. The van der Waals surface area contributed by atoms with Crippen molar-refractivity contribution in [2.24, 2.45) is 0 Å². The second-order valence-corrected chi connectivity index (χ2v) is 8.43. The van der Waals surface area contributed by atoms with E-state index in [9.17, 15) is 0 Å². The van der Waals surface area contributed by atoms with Crippen LogP contribution in [0.25, 0.3) is 0 Å². The van der Waals surface area contributed by atoms with Crippen LogP contribution in [0.4, 0.5) is 0 Å². The highest BCUT2D eigenvalue weighted by Gasteiger charge is 2.17. The molecule has 1 saturated heterocycles. The molecule has 0 bridgehead atoms. The van der Waals surface area contributed by atoms with Gasteiger partial charge in [-0.2, -0.15) is 0 Å². The fourth-order valence-electron chi connectivity index (χ4n) is 2.20. The Morgan fingerprint density at radius 1 is 0.870 bits per heavy atom. The van der Waals surface area contributed by atoms with E-state index < -0.39 is 0 Å². The summed E-state index contributed by atoms with van der Waals surface area (Å²) in [6.45, 7) is 0.827. The molecule has 122 valence electrons. The van der Waals surface area contributed by atoms with E-state index in [1.165, 1.54) is 17.1 Å². The number of benzene rings is 2. The smallest absolute Gasteiger partial charge is 0.156 e. The van der Waals surface area contributed by atoms with Gasteiger partial charge in [-0.3, -0.25) is 0 Å². The highest BCUT2D eigenvalue weighted by molar-refractivity contribution is 8.19. The van der Waals surface area contributed by atoms with Gasteiger partial charge in [-0.25, -0.2) is 0 Å². The lowest BCUT2D eigenvalue weighted by molar-refractivity contribution is 0.217.